The average molecular weight is 431 g/mol. The van der Waals surface area contributed by atoms with Crippen LogP contribution in [0.4, 0.5) is 0 Å². The van der Waals surface area contributed by atoms with Gasteiger partial charge in [0.05, 0.1) is 0 Å². The van der Waals surface area contributed by atoms with Gasteiger partial charge in [-0.15, -0.1) is 20.4 Å². The summed E-state index contributed by atoms with van der Waals surface area (Å²) in [5.74, 6) is 0. The molecular formula is C24H22N4S2. The molecule has 0 radical (unpaired) electrons. The predicted molar refractivity (Wildman–Crippen MR) is 127 cm³/mol. The van der Waals surface area contributed by atoms with E-state index < -0.39 is 0 Å². The highest BCUT2D eigenvalue weighted by atomic mass is 32.1. The topological polar surface area (TPSA) is 51.6 Å². The fraction of sp³-hybridized carbons (Fsp3) is 0.250. The predicted octanol–water partition coefficient (Wildman–Crippen LogP) is 6.94. The number of rotatable bonds is 6. The van der Waals surface area contributed by atoms with E-state index in [0.29, 0.717) is 0 Å². The van der Waals surface area contributed by atoms with E-state index in [1.54, 1.807) is 22.7 Å². The van der Waals surface area contributed by atoms with E-state index in [2.05, 4.69) is 82.8 Å². The van der Waals surface area contributed by atoms with E-state index in [-0.39, 0.29) is 0 Å². The fourth-order valence-corrected chi connectivity index (χ4v) is 5.62. The van der Waals surface area contributed by atoms with Crippen molar-refractivity contribution in [3.8, 4) is 21.1 Å². The Morgan fingerprint density at radius 2 is 1.40 bits per heavy atom. The summed E-state index contributed by atoms with van der Waals surface area (Å²) in [5.41, 5.74) is 2.29. The van der Waals surface area contributed by atoms with E-state index in [1.807, 2.05) is 0 Å². The third kappa shape index (κ3) is 3.61. The van der Waals surface area contributed by atoms with Crippen molar-refractivity contribution >= 4 is 44.2 Å². The Kier molecular flexibility index (Phi) is 5.27. The standard InChI is InChI=1S/C24H22N4S2/c1-3-6-21-25-27-23(29-21)17-11-10-15-14-20-16(12-18(15)13-17)8-5-9-19(20)24-28-26-22(30-24)7-4-2/h5,8-14H,3-4,6-7H2,1-2H3. The lowest BCUT2D eigenvalue weighted by molar-refractivity contribution is 0.879. The Labute approximate surface area is 183 Å². The Hall–Kier alpha value is -2.70. The van der Waals surface area contributed by atoms with E-state index in [9.17, 15) is 0 Å². The first-order chi connectivity index (χ1) is 14.7. The number of nitrogens with zero attached hydrogens (tertiary/aromatic N) is 4. The second-order valence-corrected chi connectivity index (χ2v) is 9.57. The quantitative estimate of drug-likeness (QED) is 0.274. The van der Waals surface area contributed by atoms with Gasteiger partial charge in [-0.1, -0.05) is 66.9 Å². The van der Waals surface area contributed by atoms with Crippen LogP contribution in [0.3, 0.4) is 0 Å². The summed E-state index contributed by atoms with van der Waals surface area (Å²) in [7, 11) is 0. The van der Waals surface area contributed by atoms with Crippen LogP contribution in [0.5, 0.6) is 0 Å². The first-order valence-corrected chi connectivity index (χ1v) is 12.0. The third-order valence-electron chi connectivity index (χ3n) is 5.18. The summed E-state index contributed by atoms with van der Waals surface area (Å²) in [5, 5.41) is 26.6. The number of aromatic nitrogens is 4. The Morgan fingerprint density at radius 1 is 0.667 bits per heavy atom. The highest BCUT2D eigenvalue weighted by Gasteiger charge is 2.12. The molecule has 2 heterocycles. The van der Waals surface area contributed by atoms with Gasteiger partial charge in [0, 0.05) is 24.0 Å². The third-order valence-corrected chi connectivity index (χ3v) is 7.22. The molecule has 0 spiro atoms. The van der Waals surface area contributed by atoms with Crippen LogP contribution in [0.1, 0.15) is 36.7 Å². The Morgan fingerprint density at radius 3 is 2.17 bits per heavy atom. The van der Waals surface area contributed by atoms with Gasteiger partial charge < -0.3 is 0 Å². The zero-order valence-corrected chi connectivity index (χ0v) is 18.7. The van der Waals surface area contributed by atoms with Crippen LogP contribution in [0.25, 0.3) is 42.7 Å². The molecule has 5 aromatic rings. The minimum atomic E-state index is 0.986. The van der Waals surface area contributed by atoms with E-state index >= 15 is 0 Å². The molecule has 5 rings (SSSR count). The molecule has 0 unspecified atom stereocenters. The van der Waals surface area contributed by atoms with Crippen molar-refractivity contribution in [1.82, 2.24) is 20.4 Å². The maximum Gasteiger partial charge on any atom is 0.148 e. The summed E-state index contributed by atoms with van der Waals surface area (Å²) < 4.78 is 0. The van der Waals surface area contributed by atoms with Gasteiger partial charge in [-0.25, -0.2) is 0 Å². The smallest absolute Gasteiger partial charge is 0.143 e. The van der Waals surface area contributed by atoms with Crippen LogP contribution >= 0.6 is 22.7 Å². The molecule has 0 aliphatic rings. The largest absolute Gasteiger partial charge is 0.148 e. The minimum absolute atomic E-state index is 0.986. The molecule has 4 nitrogen and oxygen atoms in total. The molecule has 6 heteroatoms. The Balaban J connectivity index is 1.58. The van der Waals surface area contributed by atoms with Crippen molar-refractivity contribution in [2.45, 2.75) is 39.5 Å². The molecule has 30 heavy (non-hydrogen) atoms. The molecule has 0 amide bonds. The van der Waals surface area contributed by atoms with Crippen molar-refractivity contribution in [3.05, 3.63) is 58.5 Å². The summed E-state index contributed by atoms with van der Waals surface area (Å²) in [6.07, 6.45) is 4.16. The molecule has 0 bridgehead atoms. The summed E-state index contributed by atoms with van der Waals surface area (Å²) in [4.78, 5) is 0. The van der Waals surface area contributed by atoms with Crippen LogP contribution in [0, 0.1) is 0 Å². The maximum absolute atomic E-state index is 4.46. The molecule has 0 aliphatic carbocycles. The summed E-state index contributed by atoms with van der Waals surface area (Å²) >= 11 is 3.39. The fourth-order valence-electron chi connectivity index (χ4n) is 3.71. The molecule has 150 valence electrons. The van der Waals surface area contributed by atoms with Gasteiger partial charge in [0.25, 0.3) is 0 Å². The van der Waals surface area contributed by atoms with E-state index in [0.717, 1.165) is 56.8 Å². The Bertz CT molecular complexity index is 1340. The number of benzene rings is 3. The van der Waals surface area contributed by atoms with Crippen molar-refractivity contribution in [1.29, 1.82) is 0 Å². The molecule has 0 atom stereocenters. The van der Waals surface area contributed by atoms with Crippen molar-refractivity contribution in [2.75, 3.05) is 0 Å². The van der Waals surface area contributed by atoms with Gasteiger partial charge in [0.1, 0.15) is 20.0 Å². The highest BCUT2D eigenvalue weighted by Crippen LogP contribution is 2.35. The number of aryl methyl sites for hydroxylation is 2. The molecule has 0 N–H and O–H groups in total. The van der Waals surface area contributed by atoms with Crippen LogP contribution < -0.4 is 0 Å². The highest BCUT2D eigenvalue weighted by molar-refractivity contribution is 7.15. The second kappa shape index (κ2) is 8.20. The van der Waals surface area contributed by atoms with Crippen molar-refractivity contribution in [3.63, 3.8) is 0 Å². The van der Waals surface area contributed by atoms with Crippen molar-refractivity contribution in [2.24, 2.45) is 0 Å². The number of hydrogen-bond donors (Lipinski definition) is 0. The van der Waals surface area contributed by atoms with Crippen molar-refractivity contribution < 1.29 is 0 Å². The van der Waals surface area contributed by atoms with Crippen LogP contribution in [-0.4, -0.2) is 20.4 Å². The minimum Gasteiger partial charge on any atom is -0.143 e. The van der Waals surface area contributed by atoms with E-state index in [4.69, 9.17) is 0 Å². The molecule has 2 aromatic heterocycles. The molecule has 0 saturated heterocycles. The molecule has 0 fully saturated rings. The normalized spacial score (nSPS) is 11.5. The lowest BCUT2D eigenvalue weighted by atomic mass is 9.99. The lowest BCUT2D eigenvalue weighted by Gasteiger charge is -2.07. The van der Waals surface area contributed by atoms with E-state index in [1.165, 1.54) is 21.5 Å². The zero-order chi connectivity index (χ0) is 20.5. The first kappa shape index (κ1) is 19.3. The van der Waals surface area contributed by atoms with Gasteiger partial charge in [-0.05, 0) is 52.6 Å². The molecule has 0 aliphatic heterocycles. The van der Waals surface area contributed by atoms with Crippen LogP contribution in [-0.2, 0) is 12.8 Å². The first-order valence-electron chi connectivity index (χ1n) is 10.4. The number of hydrogen-bond acceptors (Lipinski definition) is 6. The molecule has 0 saturated carbocycles. The summed E-state index contributed by atoms with van der Waals surface area (Å²) in [6.45, 7) is 4.34. The zero-order valence-electron chi connectivity index (χ0n) is 17.1. The van der Waals surface area contributed by atoms with Gasteiger partial charge >= 0.3 is 0 Å². The SMILES string of the molecule is CCCc1nnc(-c2ccc3cc4c(-c5nnc(CCC)s5)cccc4cc3c2)s1. The van der Waals surface area contributed by atoms with Gasteiger partial charge in [0.2, 0.25) is 0 Å². The molecular weight excluding hydrogens is 408 g/mol. The summed E-state index contributed by atoms with van der Waals surface area (Å²) in [6, 6.07) is 17.5. The van der Waals surface area contributed by atoms with Crippen LogP contribution in [0.2, 0.25) is 0 Å². The van der Waals surface area contributed by atoms with Gasteiger partial charge in [-0.2, -0.15) is 0 Å². The van der Waals surface area contributed by atoms with Gasteiger partial charge in [-0.3, -0.25) is 0 Å². The molecule has 3 aromatic carbocycles. The number of fused-ring (bicyclic) bond motifs is 2. The second-order valence-electron chi connectivity index (χ2n) is 7.44. The lowest BCUT2D eigenvalue weighted by Crippen LogP contribution is -1.84. The van der Waals surface area contributed by atoms with Crippen LogP contribution in [0.15, 0.2) is 48.5 Å². The monoisotopic (exact) mass is 430 g/mol. The van der Waals surface area contributed by atoms with Gasteiger partial charge in [0.15, 0.2) is 0 Å². The maximum atomic E-state index is 4.46. The average Bonchev–Trinajstić information content (AvgIpc) is 3.42.